The summed E-state index contributed by atoms with van der Waals surface area (Å²) in [4.78, 5) is 6.84. The van der Waals surface area contributed by atoms with Gasteiger partial charge in [0.2, 0.25) is 0 Å². The Morgan fingerprint density at radius 2 is 2.18 bits per heavy atom. The van der Waals surface area contributed by atoms with Crippen LogP contribution in [0.25, 0.3) is 0 Å². The molecule has 94 valence electrons. The quantitative estimate of drug-likeness (QED) is 0.803. The van der Waals surface area contributed by atoms with Gasteiger partial charge in [0, 0.05) is 24.4 Å². The number of hydrogen-bond donors (Lipinski definition) is 0. The van der Waals surface area contributed by atoms with Crippen molar-refractivity contribution in [2.75, 3.05) is 20.7 Å². The van der Waals surface area contributed by atoms with Crippen LogP contribution in [0.15, 0.2) is 12.1 Å². The molecule has 1 aliphatic rings. The maximum atomic E-state index is 5.93. The van der Waals surface area contributed by atoms with E-state index in [0.717, 1.165) is 37.4 Å². The van der Waals surface area contributed by atoms with Gasteiger partial charge in [0.1, 0.15) is 0 Å². The molecule has 0 saturated carbocycles. The highest BCUT2D eigenvalue weighted by atomic mass is 16.5. The molecule has 0 spiro atoms. The third-order valence-corrected chi connectivity index (χ3v) is 3.37. The minimum atomic E-state index is -0.133. The maximum Gasteiger partial charge on any atom is 0.0922 e. The summed E-state index contributed by atoms with van der Waals surface area (Å²) in [6.45, 7) is 5.97. The van der Waals surface area contributed by atoms with Crippen LogP contribution >= 0.6 is 0 Å². The summed E-state index contributed by atoms with van der Waals surface area (Å²) in [6.07, 6.45) is 2.24. The molecular formula is C14H22N2O. The summed E-state index contributed by atoms with van der Waals surface area (Å²) in [5.41, 5.74) is 3.35. The van der Waals surface area contributed by atoms with Crippen LogP contribution in [0.3, 0.4) is 0 Å². The van der Waals surface area contributed by atoms with Crippen molar-refractivity contribution in [2.24, 2.45) is 0 Å². The van der Waals surface area contributed by atoms with Crippen molar-refractivity contribution in [1.82, 2.24) is 9.88 Å². The number of rotatable bonds is 3. The van der Waals surface area contributed by atoms with Crippen LogP contribution in [0.2, 0.25) is 0 Å². The lowest BCUT2D eigenvalue weighted by molar-refractivity contribution is 0.0153. The first-order valence-corrected chi connectivity index (χ1v) is 6.27. The molecule has 1 fully saturated rings. The Bertz CT molecular complexity index is 395. The molecule has 2 rings (SSSR count). The molecule has 0 amide bonds. The van der Waals surface area contributed by atoms with Crippen molar-refractivity contribution in [3.05, 3.63) is 29.1 Å². The number of aryl methyl sites for hydroxylation is 1. The summed E-state index contributed by atoms with van der Waals surface area (Å²) in [6, 6.07) is 4.27. The molecule has 1 saturated heterocycles. The Morgan fingerprint density at radius 3 is 2.76 bits per heavy atom. The highest BCUT2D eigenvalue weighted by Gasteiger charge is 2.34. The number of nitrogens with zero attached hydrogens (tertiary/aromatic N) is 2. The Labute approximate surface area is 104 Å². The van der Waals surface area contributed by atoms with Gasteiger partial charge in [-0.25, -0.2) is 0 Å². The summed E-state index contributed by atoms with van der Waals surface area (Å²) in [5.74, 6) is 0. The highest BCUT2D eigenvalue weighted by Crippen LogP contribution is 2.37. The van der Waals surface area contributed by atoms with Gasteiger partial charge in [0.15, 0.2) is 0 Å². The van der Waals surface area contributed by atoms with Gasteiger partial charge in [-0.3, -0.25) is 4.98 Å². The summed E-state index contributed by atoms with van der Waals surface area (Å²) >= 11 is 0. The van der Waals surface area contributed by atoms with E-state index in [1.54, 1.807) is 0 Å². The highest BCUT2D eigenvalue weighted by molar-refractivity contribution is 5.29. The van der Waals surface area contributed by atoms with Crippen LogP contribution in [0.4, 0.5) is 0 Å². The smallest absolute Gasteiger partial charge is 0.0922 e. The standard InChI is InChI=1S/C14H22N2O/c1-11-6-7-12(13(15-11)10-16(3)4)14(2)8-5-9-17-14/h6-7H,5,8-10H2,1-4H3. The summed E-state index contributed by atoms with van der Waals surface area (Å²) in [5, 5.41) is 0. The molecule has 1 aromatic rings. The summed E-state index contributed by atoms with van der Waals surface area (Å²) < 4.78 is 5.93. The third-order valence-electron chi connectivity index (χ3n) is 3.37. The van der Waals surface area contributed by atoms with E-state index in [9.17, 15) is 0 Å². The molecule has 1 unspecified atom stereocenters. The molecule has 1 atom stereocenters. The average Bonchev–Trinajstić information content (AvgIpc) is 2.65. The lowest BCUT2D eigenvalue weighted by Gasteiger charge is -2.27. The van der Waals surface area contributed by atoms with Crippen LogP contribution in [0.5, 0.6) is 0 Å². The molecule has 0 radical (unpaired) electrons. The maximum absolute atomic E-state index is 5.93. The SMILES string of the molecule is Cc1ccc(C2(C)CCCO2)c(CN(C)C)n1. The molecule has 1 aliphatic heterocycles. The van der Waals surface area contributed by atoms with E-state index in [2.05, 4.69) is 43.0 Å². The van der Waals surface area contributed by atoms with Gasteiger partial charge in [-0.2, -0.15) is 0 Å². The molecule has 3 heteroatoms. The fourth-order valence-corrected chi connectivity index (χ4v) is 2.50. The van der Waals surface area contributed by atoms with E-state index in [-0.39, 0.29) is 5.60 Å². The van der Waals surface area contributed by atoms with Crippen molar-refractivity contribution < 1.29 is 4.74 Å². The molecule has 2 heterocycles. The first kappa shape index (κ1) is 12.5. The van der Waals surface area contributed by atoms with Gasteiger partial charge in [0.25, 0.3) is 0 Å². The fourth-order valence-electron chi connectivity index (χ4n) is 2.50. The number of ether oxygens (including phenoxy) is 1. The van der Waals surface area contributed by atoms with Crippen molar-refractivity contribution in [2.45, 2.75) is 38.8 Å². The summed E-state index contributed by atoms with van der Waals surface area (Å²) in [7, 11) is 4.15. The predicted molar refractivity (Wildman–Crippen MR) is 68.9 cm³/mol. The molecule has 0 bridgehead atoms. The van der Waals surface area contributed by atoms with Crippen molar-refractivity contribution >= 4 is 0 Å². The topological polar surface area (TPSA) is 25.4 Å². The monoisotopic (exact) mass is 234 g/mol. The molecule has 0 aromatic carbocycles. The van der Waals surface area contributed by atoms with Crippen molar-refractivity contribution in [3.63, 3.8) is 0 Å². The van der Waals surface area contributed by atoms with E-state index in [1.807, 2.05) is 6.92 Å². The second-order valence-corrected chi connectivity index (χ2v) is 5.37. The van der Waals surface area contributed by atoms with Crippen LogP contribution in [-0.4, -0.2) is 30.6 Å². The van der Waals surface area contributed by atoms with E-state index >= 15 is 0 Å². The number of pyridine rings is 1. The van der Waals surface area contributed by atoms with Crippen molar-refractivity contribution in [3.8, 4) is 0 Å². The van der Waals surface area contributed by atoms with Crippen LogP contribution in [0.1, 0.15) is 36.7 Å². The zero-order valence-corrected chi connectivity index (χ0v) is 11.3. The minimum Gasteiger partial charge on any atom is -0.371 e. The lowest BCUT2D eigenvalue weighted by Crippen LogP contribution is -2.25. The van der Waals surface area contributed by atoms with Crippen LogP contribution in [-0.2, 0) is 16.9 Å². The molecule has 1 aromatic heterocycles. The van der Waals surface area contributed by atoms with E-state index in [1.165, 1.54) is 5.56 Å². The van der Waals surface area contributed by atoms with E-state index in [0.29, 0.717) is 0 Å². The van der Waals surface area contributed by atoms with Gasteiger partial charge in [-0.1, -0.05) is 6.07 Å². The normalized spacial score (nSPS) is 24.5. The molecule has 0 aliphatic carbocycles. The minimum absolute atomic E-state index is 0.133. The Kier molecular flexibility index (Phi) is 3.50. The average molecular weight is 234 g/mol. The molecule has 0 N–H and O–H groups in total. The first-order valence-electron chi connectivity index (χ1n) is 6.27. The van der Waals surface area contributed by atoms with Gasteiger partial charge >= 0.3 is 0 Å². The molecule has 3 nitrogen and oxygen atoms in total. The van der Waals surface area contributed by atoms with Gasteiger partial charge in [0.05, 0.1) is 11.3 Å². The van der Waals surface area contributed by atoms with Crippen LogP contribution < -0.4 is 0 Å². The predicted octanol–water partition coefficient (Wildman–Crippen LogP) is 2.48. The van der Waals surface area contributed by atoms with E-state index in [4.69, 9.17) is 4.74 Å². The third kappa shape index (κ3) is 2.67. The van der Waals surface area contributed by atoms with Crippen molar-refractivity contribution in [1.29, 1.82) is 0 Å². The van der Waals surface area contributed by atoms with E-state index < -0.39 is 0 Å². The lowest BCUT2D eigenvalue weighted by atomic mass is 9.91. The van der Waals surface area contributed by atoms with Crippen LogP contribution in [0, 0.1) is 6.92 Å². The largest absolute Gasteiger partial charge is 0.371 e. The second-order valence-electron chi connectivity index (χ2n) is 5.37. The van der Waals surface area contributed by atoms with Gasteiger partial charge in [-0.15, -0.1) is 0 Å². The number of aromatic nitrogens is 1. The molecular weight excluding hydrogens is 212 g/mol. The Morgan fingerprint density at radius 1 is 1.41 bits per heavy atom. The zero-order valence-electron chi connectivity index (χ0n) is 11.3. The zero-order chi connectivity index (χ0) is 12.5. The van der Waals surface area contributed by atoms with Gasteiger partial charge < -0.3 is 9.64 Å². The molecule has 17 heavy (non-hydrogen) atoms. The second kappa shape index (κ2) is 4.75. The number of hydrogen-bond acceptors (Lipinski definition) is 3. The Hall–Kier alpha value is -0.930. The first-order chi connectivity index (χ1) is 8.01. The fraction of sp³-hybridized carbons (Fsp3) is 0.643. The Balaban J connectivity index is 2.38. The van der Waals surface area contributed by atoms with Gasteiger partial charge in [-0.05, 0) is 46.9 Å².